The van der Waals surface area contributed by atoms with Crippen LogP contribution in [0.5, 0.6) is 0 Å². The Hall–Kier alpha value is -0.640. The molecule has 0 saturated heterocycles. The van der Waals surface area contributed by atoms with Crippen LogP contribution >= 0.6 is 0 Å². The maximum Gasteiger partial charge on any atom is 0.269 e. The second-order valence-corrected chi connectivity index (χ2v) is 3.45. The van der Waals surface area contributed by atoms with E-state index < -0.39 is 12.0 Å². The highest BCUT2D eigenvalue weighted by Gasteiger charge is 2.38. The number of hydrogen-bond acceptors (Lipinski definition) is 2. The molecule has 1 unspecified atom stereocenters. The molecule has 0 aromatic heterocycles. The van der Waals surface area contributed by atoms with Crippen molar-refractivity contribution in [2.24, 2.45) is 5.73 Å². The first kappa shape index (κ1) is 13.4. The van der Waals surface area contributed by atoms with Gasteiger partial charge in [0.05, 0.1) is 6.10 Å². The van der Waals surface area contributed by atoms with Crippen molar-refractivity contribution in [3.8, 4) is 0 Å². The Morgan fingerprint density at radius 3 is 2.29 bits per heavy atom. The number of alkyl halides is 2. The first-order valence-electron chi connectivity index (χ1n) is 4.81. The van der Waals surface area contributed by atoms with E-state index in [4.69, 9.17) is 10.5 Å². The van der Waals surface area contributed by atoms with Crippen LogP contribution in [0.25, 0.3) is 0 Å². The minimum atomic E-state index is -2.91. The van der Waals surface area contributed by atoms with E-state index in [2.05, 4.69) is 0 Å². The van der Waals surface area contributed by atoms with Crippen molar-refractivity contribution in [3.63, 3.8) is 0 Å². The SMILES string of the molecule is C/C=C(\OC(C)C)C(N)C(F)(F)CC. The lowest BCUT2D eigenvalue weighted by molar-refractivity contribution is -0.0382. The van der Waals surface area contributed by atoms with E-state index >= 15 is 0 Å². The van der Waals surface area contributed by atoms with Gasteiger partial charge in [0.2, 0.25) is 0 Å². The lowest BCUT2D eigenvalue weighted by Crippen LogP contribution is -2.43. The maximum atomic E-state index is 13.2. The van der Waals surface area contributed by atoms with E-state index in [9.17, 15) is 8.78 Å². The van der Waals surface area contributed by atoms with Crippen LogP contribution in [0.4, 0.5) is 8.78 Å². The summed E-state index contributed by atoms with van der Waals surface area (Å²) in [7, 11) is 0. The molecule has 14 heavy (non-hydrogen) atoms. The van der Waals surface area contributed by atoms with Gasteiger partial charge in [0.25, 0.3) is 5.92 Å². The highest BCUT2D eigenvalue weighted by Crippen LogP contribution is 2.26. The third-order valence-corrected chi connectivity index (χ3v) is 1.89. The van der Waals surface area contributed by atoms with Gasteiger partial charge in [-0.3, -0.25) is 0 Å². The highest BCUT2D eigenvalue weighted by molar-refractivity contribution is 5.06. The Kier molecular flexibility index (Phi) is 5.05. The van der Waals surface area contributed by atoms with Gasteiger partial charge in [-0.2, -0.15) is 0 Å². The van der Waals surface area contributed by atoms with Gasteiger partial charge in [-0.15, -0.1) is 0 Å². The Labute approximate surface area is 84.1 Å². The topological polar surface area (TPSA) is 35.2 Å². The summed E-state index contributed by atoms with van der Waals surface area (Å²) < 4.78 is 31.6. The van der Waals surface area contributed by atoms with Crippen molar-refractivity contribution in [2.45, 2.75) is 52.2 Å². The van der Waals surface area contributed by atoms with Gasteiger partial charge in [-0.1, -0.05) is 6.92 Å². The van der Waals surface area contributed by atoms with E-state index in [1.54, 1.807) is 20.8 Å². The van der Waals surface area contributed by atoms with Crippen LogP contribution in [0.1, 0.15) is 34.1 Å². The quantitative estimate of drug-likeness (QED) is 0.703. The molecule has 0 aromatic carbocycles. The number of rotatable bonds is 5. The van der Waals surface area contributed by atoms with E-state index in [0.29, 0.717) is 0 Å². The molecule has 2 nitrogen and oxygen atoms in total. The lowest BCUT2D eigenvalue weighted by atomic mass is 10.1. The zero-order valence-corrected chi connectivity index (χ0v) is 9.18. The molecule has 0 heterocycles. The van der Waals surface area contributed by atoms with Crippen LogP contribution in [0.2, 0.25) is 0 Å². The molecule has 0 bridgehead atoms. The normalized spacial score (nSPS) is 15.9. The second kappa shape index (κ2) is 5.29. The summed E-state index contributed by atoms with van der Waals surface area (Å²) in [6.07, 6.45) is 1.07. The number of ether oxygens (including phenoxy) is 1. The fraction of sp³-hybridized carbons (Fsp3) is 0.800. The molecule has 0 saturated carbocycles. The second-order valence-electron chi connectivity index (χ2n) is 3.45. The van der Waals surface area contributed by atoms with Gasteiger partial charge >= 0.3 is 0 Å². The summed E-state index contributed by atoms with van der Waals surface area (Å²) in [5, 5.41) is 0. The molecule has 0 spiro atoms. The molecule has 0 rings (SSSR count). The first-order valence-corrected chi connectivity index (χ1v) is 4.81. The monoisotopic (exact) mass is 207 g/mol. The van der Waals surface area contributed by atoms with Gasteiger partial charge in [0.1, 0.15) is 11.8 Å². The molecule has 0 radical (unpaired) electrons. The summed E-state index contributed by atoms with van der Waals surface area (Å²) in [5.74, 6) is -2.75. The number of halogens is 2. The van der Waals surface area contributed by atoms with E-state index in [-0.39, 0.29) is 18.3 Å². The fourth-order valence-corrected chi connectivity index (χ4v) is 1.02. The molecule has 0 aliphatic rings. The number of nitrogens with two attached hydrogens (primary N) is 1. The van der Waals surface area contributed by atoms with Crippen molar-refractivity contribution in [3.05, 3.63) is 11.8 Å². The van der Waals surface area contributed by atoms with Crippen LogP contribution in [0, 0.1) is 0 Å². The van der Waals surface area contributed by atoms with Gasteiger partial charge < -0.3 is 10.5 Å². The van der Waals surface area contributed by atoms with Crippen LogP contribution in [-0.2, 0) is 4.74 Å². The Morgan fingerprint density at radius 1 is 1.50 bits per heavy atom. The predicted molar refractivity (Wildman–Crippen MR) is 53.2 cm³/mol. The Morgan fingerprint density at radius 2 is 2.00 bits per heavy atom. The van der Waals surface area contributed by atoms with Gasteiger partial charge in [0.15, 0.2) is 0 Å². The lowest BCUT2D eigenvalue weighted by Gasteiger charge is -2.25. The molecule has 0 aromatic rings. The van der Waals surface area contributed by atoms with Crippen LogP contribution in [-0.4, -0.2) is 18.1 Å². The van der Waals surface area contributed by atoms with E-state index in [1.165, 1.54) is 13.0 Å². The average Bonchev–Trinajstić information content (AvgIpc) is 2.12. The van der Waals surface area contributed by atoms with Crippen molar-refractivity contribution in [2.75, 3.05) is 0 Å². The van der Waals surface area contributed by atoms with Crippen LogP contribution in [0.15, 0.2) is 11.8 Å². The molecule has 0 amide bonds. The molecule has 84 valence electrons. The third-order valence-electron chi connectivity index (χ3n) is 1.89. The zero-order chi connectivity index (χ0) is 11.4. The highest BCUT2D eigenvalue weighted by atomic mass is 19.3. The van der Waals surface area contributed by atoms with E-state index in [0.717, 1.165) is 0 Å². The maximum absolute atomic E-state index is 13.2. The Bertz CT molecular complexity index is 202. The molecule has 0 fully saturated rings. The third kappa shape index (κ3) is 3.62. The predicted octanol–water partition coefficient (Wildman–Crippen LogP) is 2.69. The minimum absolute atomic E-state index is 0.139. The summed E-state index contributed by atoms with van der Waals surface area (Å²) in [6.45, 7) is 6.60. The Balaban J connectivity index is 4.55. The van der Waals surface area contributed by atoms with Gasteiger partial charge in [0, 0.05) is 6.42 Å². The molecule has 1 atom stereocenters. The molecule has 4 heteroatoms. The molecular formula is C10H19F2NO. The fourth-order valence-electron chi connectivity index (χ4n) is 1.02. The zero-order valence-electron chi connectivity index (χ0n) is 9.18. The van der Waals surface area contributed by atoms with Crippen LogP contribution in [0.3, 0.4) is 0 Å². The van der Waals surface area contributed by atoms with Crippen molar-refractivity contribution >= 4 is 0 Å². The molecule has 2 N–H and O–H groups in total. The van der Waals surface area contributed by atoms with Crippen molar-refractivity contribution < 1.29 is 13.5 Å². The average molecular weight is 207 g/mol. The first-order chi connectivity index (χ1) is 6.35. The molecular weight excluding hydrogens is 188 g/mol. The molecule has 0 aliphatic heterocycles. The standard InChI is InChI=1S/C10H19F2NO/c1-5-8(14-7(3)4)9(13)10(11,12)6-2/h5,7,9H,6,13H2,1-4H3/b8-5-. The summed E-state index contributed by atoms with van der Waals surface area (Å²) >= 11 is 0. The van der Waals surface area contributed by atoms with Crippen molar-refractivity contribution in [1.29, 1.82) is 0 Å². The van der Waals surface area contributed by atoms with Gasteiger partial charge in [-0.25, -0.2) is 8.78 Å². The largest absolute Gasteiger partial charge is 0.494 e. The smallest absolute Gasteiger partial charge is 0.269 e. The summed E-state index contributed by atoms with van der Waals surface area (Å²) in [5.41, 5.74) is 5.42. The minimum Gasteiger partial charge on any atom is -0.494 e. The summed E-state index contributed by atoms with van der Waals surface area (Å²) in [4.78, 5) is 0. The van der Waals surface area contributed by atoms with Gasteiger partial charge in [-0.05, 0) is 26.8 Å². The molecule has 0 aliphatic carbocycles. The number of hydrogen-bond donors (Lipinski definition) is 1. The van der Waals surface area contributed by atoms with Crippen molar-refractivity contribution in [1.82, 2.24) is 0 Å². The summed E-state index contributed by atoms with van der Waals surface area (Å²) in [6, 6.07) is -1.35. The van der Waals surface area contributed by atoms with E-state index in [1.807, 2.05) is 0 Å². The number of allylic oxidation sites excluding steroid dienone is 1. The van der Waals surface area contributed by atoms with Crippen LogP contribution < -0.4 is 5.73 Å².